The first kappa shape index (κ1) is 22.9. The van der Waals surface area contributed by atoms with Gasteiger partial charge in [0.2, 0.25) is 0 Å². The van der Waals surface area contributed by atoms with E-state index in [-0.39, 0.29) is 5.78 Å². The zero-order valence-electron chi connectivity index (χ0n) is 16.4. The van der Waals surface area contributed by atoms with E-state index in [1.807, 2.05) is 0 Å². The van der Waals surface area contributed by atoms with Crippen LogP contribution in [-0.2, 0) is 0 Å². The Morgan fingerprint density at radius 1 is 0.889 bits per heavy atom. The molecule has 5 heteroatoms. The molecule has 0 spiro atoms. The number of carbonyl (C=O) groups excluding carboxylic acids is 2. The summed E-state index contributed by atoms with van der Waals surface area (Å²) in [6.07, 6.45) is 21.0. The van der Waals surface area contributed by atoms with Gasteiger partial charge in [0.05, 0.1) is 11.4 Å². The standard InChI is InChI=1S/C22H34N2O3/c25-19-20-16-17-21(24-20)22(26)15-13-11-9-7-5-3-1-2-4-6-8-10-12-14-18-23-27/h7,9,16-19,24,27H,1-6,8,10-15H2/b9-7-,23-18-. The van der Waals surface area contributed by atoms with E-state index in [0.717, 1.165) is 38.4 Å². The van der Waals surface area contributed by atoms with Gasteiger partial charge < -0.3 is 10.2 Å². The number of hydrogen-bond donors (Lipinski definition) is 2. The first-order valence-electron chi connectivity index (χ1n) is 10.3. The molecule has 2 N–H and O–H groups in total. The van der Waals surface area contributed by atoms with Crippen molar-refractivity contribution in [2.75, 3.05) is 0 Å². The highest BCUT2D eigenvalue weighted by Gasteiger charge is 2.07. The van der Waals surface area contributed by atoms with E-state index in [0.29, 0.717) is 17.8 Å². The molecule has 27 heavy (non-hydrogen) atoms. The highest BCUT2D eigenvalue weighted by Crippen LogP contribution is 2.11. The van der Waals surface area contributed by atoms with E-state index in [9.17, 15) is 9.59 Å². The predicted octanol–water partition coefficient (Wildman–Crippen LogP) is 6.10. The number of nitrogens with one attached hydrogen (secondary N) is 1. The molecule has 0 amide bonds. The molecule has 0 atom stereocenters. The summed E-state index contributed by atoms with van der Waals surface area (Å²) in [4.78, 5) is 25.3. The van der Waals surface area contributed by atoms with Gasteiger partial charge in [-0.25, -0.2) is 0 Å². The molecule has 0 aliphatic rings. The van der Waals surface area contributed by atoms with Gasteiger partial charge in [0.25, 0.3) is 0 Å². The van der Waals surface area contributed by atoms with Crippen LogP contribution in [0.1, 0.15) is 104 Å². The van der Waals surface area contributed by atoms with Gasteiger partial charge in [0.15, 0.2) is 12.1 Å². The number of ketones is 1. The largest absolute Gasteiger partial charge is 0.411 e. The van der Waals surface area contributed by atoms with Crippen molar-refractivity contribution in [3.8, 4) is 0 Å². The van der Waals surface area contributed by atoms with Crippen molar-refractivity contribution in [2.45, 2.75) is 83.5 Å². The first-order chi connectivity index (χ1) is 13.3. The molecule has 1 heterocycles. The minimum Gasteiger partial charge on any atom is -0.411 e. The minimum atomic E-state index is 0.0676. The number of oxime groups is 1. The van der Waals surface area contributed by atoms with E-state index >= 15 is 0 Å². The Balaban J connectivity index is 1.88. The van der Waals surface area contributed by atoms with Crippen LogP contribution in [0.25, 0.3) is 0 Å². The lowest BCUT2D eigenvalue weighted by atomic mass is 10.1. The summed E-state index contributed by atoms with van der Waals surface area (Å²) < 4.78 is 0. The van der Waals surface area contributed by atoms with Gasteiger partial charge in [-0.3, -0.25) is 9.59 Å². The fourth-order valence-corrected chi connectivity index (χ4v) is 3.01. The van der Waals surface area contributed by atoms with Gasteiger partial charge in [-0.2, -0.15) is 0 Å². The van der Waals surface area contributed by atoms with E-state index in [1.165, 1.54) is 44.9 Å². The minimum absolute atomic E-state index is 0.0676. The maximum absolute atomic E-state index is 11.9. The van der Waals surface area contributed by atoms with Gasteiger partial charge in [0.1, 0.15) is 0 Å². The number of hydrogen-bond acceptors (Lipinski definition) is 4. The highest BCUT2D eigenvalue weighted by molar-refractivity contribution is 5.95. The maximum Gasteiger partial charge on any atom is 0.179 e. The third-order valence-corrected chi connectivity index (χ3v) is 4.61. The van der Waals surface area contributed by atoms with Gasteiger partial charge >= 0.3 is 0 Å². The third kappa shape index (κ3) is 11.9. The zero-order valence-corrected chi connectivity index (χ0v) is 16.4. The molecule has 1 aromatic rings. The number of aldehydes is 1. The Morgan fingerprint density at radius 3 is 2.07 bits per heavy atom. The Labute approximate surface area is 162 Å². The number of Topliss-reactive ketones (excluding diaryl/α,β-unsaturated/α-hetero) is 1. The Morgan fingerprint density at radius 2 is 1.48 bits per heavy atom. The molecule has 0 radical (unpaired) electrons. The van der Waals surface area contributed by atoms with E-state index < -0.39 is 0 Å². The van der Waals surface area contributed by atoms with Crippen molar-refractivity contribution in [3.63, 3.8) is 0 Å². The van der Waals surface area contributed by atoms with Crippen molar-refractivity contribution in [2.24, 2.45) is 5.16 Å². The van der Waals surface area contributed by atoms with E-state index in [4.69, 9.17) is 5.21 Å². The van der Waals surface area contributed by atoms with Gasteiger partial charge in [0, 0.05) is 12.6 Å². The Hall–Kier alpha value is -2.17. The van der Waals surface area contributed by atoms with Gasteiger partial charge in [-0.1, -0.05) is 50.7 Å². The second-order valence-corrected chi connectivity index (χ2v) is 6.94. The summed E-state index contributed by atoms with van der Waals surface area (Å²) in [5.74, 6) is 0.0676. The summed E-state index contributed by atoms with van der Waals surface area (Å²) >= 11 is 0. The molecule has 1 aromatic heterocycles. The SMILES string of the molecule is O=Cc1ccc(C(=O)CCC/C=C\CCCCCCCCCC/C=N\O)[nH]1. The molecule has 0 fully saturated rings. The van der Waals surface area contributed by atoms with Crippen LogP contribution in [0.15, 0.2) is 29.4 Å². The summed E-state index contributed by atoms with van der Waals surface area (Å²) in [5.41, 5.74) is 0.978. The van der Waals surface area contributed by atoms with Gasteiger partial charge in [-0.05, 0) is 50.7 Å². The van der Waals surface area contributed by atoms with Crippen molar-refractivity contribution >= 4 is 18.3 Å². The van der Waals surface area contributed by atoms with Crippen LogP contribution in [0.2, 0.25) is 0 Å². The average molecular weight is 375 g/mol. The lowest BCUT2D eigenvalue weighted by Gasteiger charge is -2.00. The van der Waals surface area contributed by atoms with E-state index in [2.05, 4.69) is 22.3 Å². The molecule has 0 unspecified atom stereocenters. The topological polar surface area (TPSA) is 82.5 Å². The van der Waals surface area contributed by atoms with Crippen LogP contribution >= 0.6 is 0 Å². The van der Waals surface area contributed by atoms with Crippen molar-refractivity contribution < 1.29 is 14.8 Å². The van der Waals surface area contributed by atoms with Crippen molar-refractivity contribution in [3.05, 3.63) is 35.7 Å². The average Bonchev–Trinajstić information content (AvgIpc) is 3.17. The third-order valence-electron chi connectivity index (χ3n) is 4.61. The van der Waals surface area contributed by atoms with Crippen LogP contribution < -0.4 is 0 Å². The van der Waals surface area contributed by atoms with Crippen LogP contribution in [0.5, 0.6) is 0 Å². The number of aromatic amines is 1. The number of unbranched alkanes of at least 4 members (excludes halogenated alkanes) is 10. The summed E-state index contributed by atoms with van der Waals surface area (Å²) in [5, 5.41) is 11.3. The molecule has 0 bridgehead atoms. The first-order valence-corrected chi connectivity index (χ1v) is 10.3. The predicted molar refractivity (Wildman–Crippen MR) is 110 cm³/mol. The number of allylic oxidation sites excluding steroid dienone is 2. The maximum atomic E-state index is 11.9. The lowest BCUT2D eigenvalue weighted by Crippen LogP contribution is -1.99. The highest BCUT2D eigenvalue weighted by atomic mass is 16.4. The zero-order chi connectivity index (χ0) is 19.6. The molecule has 0 aliphatic carbocycles. The molecule has 150 valence electrons. The monoisotopic (exact) mass is 374 g/mol. The molecular formula is C22H34N2O3. The molecular weight excluding hydrogens is 340 g/mol. The number of aromatic nitrogens is 1. The summed E-state index contributed by atoms with van der Waals surface area (Å²) in [6, 6.07) is 3.31. The molecule has 1 rings (SSSR count). The number of carbonyl (C=O) groups is 2. The van der Waals surface area contributed by atoms with E-state index in [1.54, 1.807) is 18.3 Å². The second-order valence-electron chi connectivity index (χ2n) is 6.94. The fraction of sp³-hybridized carbons (Fsp3) is 0.591. The van der Waals surface area contributed by atoms with Crippen LogP contribution in [0.4, 0.5) is 0 Å². The normalized spacial score (nSPS) is 11.6. The number of rotatable bonds is 17. The summed E-state index contributed by atoms with van der Waals surface area (Å²) in [6.45, 7) is 0. The number of nitrogens with zero attached hydrogens (tertiary/aromatic N) is 1. The Bertz CT molecular complexity index is 576. The molecule has 0 aliphatic heterocycles. The van der Waals surface area contributed by atoms with Crippen molar-refractivity contribution in [1.82, 2.24) is 4.98 Å². The Kier molecular flexibility index (Phi) is 13.6. The van der Waals surface area contributed by atoms with Gasteiger partial charge in [-0.15, -0.1) is 5.16 Å². The summed E-state index contributed by atoms with van der Waals surface area (Å²) in [7, 11) is 0. The quantitative estimate of drug-likeness (QED) is 0.0657. The second kappa shape index (κ2) is 16.0. The van der Waals surface area contributed by atoms with Crippen LogP contribution in [-0.4, -0.2) is 28.5 Å². The lowest BCUT2D eigenvalue weighted by molar-refractivity contribution is 0.0976. The molecule has 0 saturated carbocycles. The number of H-pyrrole nitrogens is 1. The fourth-order valence-electron chi connectivity index (χ4n) is 3.01. The van der Waals surface area contributed by atoms with Crippen molar-refractivity contribution in [1.29, 1.82) is 0 Å². The van der Waals surface area contributed by atoms with Crippen LogP contribution in [0, 0.1) is 0 Å². The smallest absolute Gasteiger partial charge is 0.179 e. The molecule has 0 saturated heterocycles. The van der Waals surface area contributed by atoms with Crippen LogP contribution in [0.3, 0.4) is 0 Å². The molecule has 5 nitrogen and oxygen atoms in total. The molecule has 0 aromatic carbocycles.